The number of carbonyl (C=O) groups is 1. The van der Waals surface area contributed by atoms with Crippen LogP contribution in [0.3, 0.4) is 0 Å². The molecule has 0 aromatic rings. The van der Waals surface area contributed by atoms with Gasteiger partial charge in [-0.05, 0) is 20.3 Å². The SMILES string of the molecule is CC(O)CC(C)NC(=O)COCCN. The maximum Gasteiger partial charge on any atom is 0.246 e. The van der Waals surface area contributed by atoms with Crippen molar-refractivity contribution in [1.82, 2.24) is 5.32 Å². The van der Waals surface area contributed by atoms with Crippen molar-refractivity contribution in [1.29, 1.82) is 0 Å². The molecule has 0 fully saturated rings. The molecule has 0 aromatic heterocycles. The van der Waals surface area contributed by atoms with E-state index in [-0.39, 0.29) is 18.6 Å². The normalized spacial score (nSPS) is 14.9. The maximum atomic E-state index is 11.2. The van der Waals surface area contributed by atoms with Gasteiger partial charge in [-0.1, -0.05) is 0 Å². The first kappa shape index (κ1) is 13.4. The number of ether oxygens (including phenoxy) is 1. The van der Waals surface area contributed by atoms with Gasteiger partial charge >= 0.3 is 0 Å². The zero-order chi connectivity index (χ0) is 11.0. The summed E-state index contributed by atoms with van der Waals surface area (Å²) < 4.78 is 4.95. The summed E-state index contributed by atoms with van der Waals surface area (Å²) in [6.07, 6.45) is 0.137. The number of amides is 1. The van der Waals surface area contributed by atoms with Gasteiger partial charge in [0, 0.05) is 12.6 Å². The van der Waals surface area contributed by atoms with Gasteiger partial charge in [0.2, 0.25) is 5.91 Å². The first-order valence-corrected chi connectivity index (χ1v) is 4.81. The topological polar surface area (TPSA) is 84.6 Å². The fourth-order valence-corrected chi connectivity index (χ4v) is 1.14. The highest BCUT2D eigenvalue weighted by Crippen LogP contribution is 1.95. The summed E-state index contributed by atoms with van der Waals surface area (Å²) in [6.45, 7) is 4.36. The third-order valence-corrected chi connectivity index (χ3v) is 1.60. The Morgan fingerprint density at radius 3 is 2.71 bits per heavy atom. The van der Waals surface area contributed by atoms with Crippen molar-refractivity contribution in [3.05, 3.63) is 0 Å². The number of nitrogens with two attached hydrogens (primary N) is 1. The van der Waals surface area contributed by atoms with Crippen molar-refractivity contribution >= 4 is 5.91 Å². The molecule has 5 nitrogen and oxygen atoms in total. The molecule has 1 amide bonds. The van der Waals surface area contributed by atoms with E-state index in [1.54, 1.807) is 6.92 Å². The van der Waals surface area contributed by atoms with E-state index < -0.39 is 6.10 Å². The second kappa shape index (κ2) is 7.73. The number of aliphatic hydroxyl groups excluding tert-OH is 1. The number of hydrogen-bond donors (Lipinski definition) is 3. The summed E-state index contributed by atoms with van der Waals surface area (Å²) in [6, 6.07) is -0.0380. The van der Waals surface area contributed by atoms with Crippen LogP contribution in [0.5, 0.6) is 0 Å². The zero-order valence-corrected chi connectivity index (χ0v) is 8.82. The Morgan fingerprint density at radius 2 is 2.21 bits per heavy atom. The predicted molar refractivity (Wildman–Crippen MR) is 53.8 cm³/mol. The number of hydrogen-bond acceptors (Lipinski definition) is 4. The summed E-state index contributed by atoms with van der Waals surface area (Å²) in [5, 5.41) is 11.8. The van der Waals surface area contributed by atoms with Gasteiger partial charge in [0.15, 0.2) is 0 Å². The molecule has 0 aliphatic heterocycles. The van der Waals surface area contributed by atoms with Crippen molar-refractivity contribution < 1.29 is 14.6 Å². The molecule has 0 aliphatic rings. The molecule has 2 atom stereocenters. The van der Waals surface area contributed by atoms with Gasteiger partial charge in [0.25, 0.3) is 0 Å². The van der Waals surface area contributed by atoms with Crippen molar-refractivity contribution in [3.63, 3.8) is 0 Å². The molecule has 5 heteroatoms. The first-order chi connectivity index (χ1) is 6.56. The molecule has 14 heavy (non-hydrogen) atoms. The van der Waals surface area contributed by atoms with Crippen molar-refractivity contribution in [3.8, 4) is 0 Å². The van der Waals surface area contributed by atoms with Crippen LogP contribution in [0.1, 0.15) is 20.3 Å². The Hall–Kier alpha value is -0.650. The molecule has 0 aromatic carbocycles. The first-order valence-electron chi connectivity index (χ1n) is 4.81. The van der Waals surface area contributed by atoms with Crippen LogP contribution < -0.4 is 11.1 Å². The summed E-state index contributed by atoms with van der Waals surface area (Å²) in [4.78, 5) is 11.2. The number of carbonyl (C=O) groups excluding carboxylic acids is 1. The summed E-state index contributed by atoms with van der Waals surface area (Å²) >= 11 is 0. The van der Waals surface area contributed by atoms with Crippen molar-refractivity contribution in [2.75, 3.05) is 19.8 Å². The lowest BCUT2D eigenvalue weighted by atomic mass is 10.1. The Labute approximate surface area is 84.6 Å². The molecular formula is C9H20N2O3. The second-order valence-electron chi connectivity index (χ2n) is 3.39. The lowest BCUT2D eigenvalue weighted by Gasteiger charge is -2.15. The van der Waals surface area contributed by atoms with Crippen molar-refractivity contribution in [2.24, 2.45) is 5.73 Å². The standard InChI is InChI=1S/C9H20N2O3/c1-7(5-8(2)12)11-9(13)6-14-4-3-10/h7-8,12H,3-6,10H2,1-2H3,(H,11,13). The second-order valence-corrected chi connectivity index (χ2v) is 3.39. The summed E-state index contributed by atoms with van der Waals surface area (Å²) in [5.41, 5.74) is 5.19. The van der Waals surface area contributed by atoms with Gasteiger partial charge in [-0.2, -0.15) is 0 Å². The van der Waals surface area contributed by atoms with Crippen LogP contribution in [0.15, 0.2) is 0 Å². The quantitative estimate of drug-likeness (QED) is 0.476. The average Bonchev–Trinajstić information content (AvgIpc) is 2.02. The Bertz CT molecular complexity index is 162. The van der Waals surface area contributed by atoms with Crippen LogP contribution >= 0.6 is 0 Å². The largest absolute Gasteiger partial charge is 0.393 e. The van der Waals surface area contributed by atoms with Gasteiger partial charge in [0.05, 0.1) is 12.7 Å². The minimum Gasteiger partial charge on any atom is -0.393 e. The van der Waals surface area contributed by atoms with Gasteiger partial charge in [-0.3, -0.25) is 4.79 Å². The Kier molecular flexibility index (Phi) is 7.37. The zero-order valence-electron chi connectivity index (χ0n) is 8.82. The Morgan fingerprint density at radius 1 is 1.57 bits per heavy atom. The molecule has 0 saturated heterocycles. The molecule has 0 saturated carbocycles. The highest BCUT2D eigenvalue weighted by Gasteiger charge is 2.09. The minimum atomic E-state index is -0.407. The molecule has 0 spiro atoms. The third-order valence-electron chi connectivity index (χ3n) is 1.60. The van der Waals surface area contributed by atoms with E-state index in [4.69, 9.17) is 15.6 Å². The molecule has 2 unspecified atom stereocenters. The fourth-order valence-electron chi connectivity index (χ4n) is 1.14. The van der Waals surface area contributed by atoms with Crippen molar-refractivity contribution in [2.45, 2.75) is 32.4 Å². The molecule has 0 bridgehead atoms. The predicted octanol–water partition coefficient (Wildman–Crippen LogP) is -0.763. The van der Waals surface area contributed by atoms with Gasteiger partial charge < -0.3 is 20.9 Å². The molecule has 0 radical (unpaired) electrons. The summed E-state index contributed by atoms with van der Waals surface area (Å²) in [7, 11) is 0. The molecular weight excluding hydrogens is 184 g/mol. The summed E-state index contributed by atoms with van der Waals surface area (Å²) in [5.74, 6) is -0.174. The highest BCUT2D eigenvalue weighted by atomic mass is 16.5. The number of nitrogens with one attached hydrogen (secondary N) is 1. The van der Waals surface area contributed by atoms with E-state index >= 15 is 0 Å². The Balaban J connectivity index is 3.50. The van der Waals surface area contributed by atoms with E-state index in [2.05, 4.69) is 5.32 Å². The third kappa shape index (κ3) is 7.97. The highest BCUT2D eigenvalue weighted by molar-refractivity contribution is 5.77. The van der Waals surface area contributed by atoms with E-state index in [0.717, 1.165) is 0 Å². The van der Waals surface area contributed by atoms with Crippen LogP contribution in [-0.2, 0) is 9.53 Å². The molecule has 4 N–H and O–H groups in total. The molecule has 0 rings (SSSR count). The smallest absolute Gasteiger partial charge is 0.246 e. The van der Waals surface area contributed by atoms with Gasteiger partial charge in [-0.15, -0.1) is 0 Å². The molecule has 0 aliphatic carbocycles. The maximum absolute atomic E-state index is 11.2. The van der Waals surface area contributed by atoms with E-state index in [1.807, 2.05) is 6.92 Å². The lowest BCUT2D eigenvalue weighted by Crippen LogP contribution is -2.37. The monoisotopic (exact) mass is 204 g/mol. The van der Waals surface area contributed by atoms with E-state index in [1.165, 1.54) is 0 Å². The van der Waals surface area contributed by atoms with Crippen LogP contribution in [0, 0.1) is 0 Å². The molecule has 0 heterocycles. The minimum absolute atomic E-state index is 0.0291. The molecule has 84 valence electrons. The van der Waals surface area contributed by atoms with Crippen LogP contribution in [0.25, 0.3) is 0 Å². The average molecular weight is 204 g/mol. The number of rotatable bonds is 7. The van der Waals surface area contributed by atoms with Crippen LogP contribution in [-0.4, -0.2) is 42.9 Å². The van der Waals surface area contributed by atoms with E-state index in [9.17, 15) is 4.79 Å². The fraction of sp³-hybridized carbons (Fsp3) is 0.889. The van der Waals surface area contributed by atoms with E-state index in [0.29, 0.717) is 19.6 Å². The number of aliphatic hydroxyl groups is 1. The van der Waals surface area contributed by atoms with Crippen LogP contribution in [0.4, 0.5) is 0 Å². The van der Waals surface area contributed by atoms with Gasteiger partial charge in [0.1, 0.15) is 6.61 Å². The van der Waals surface area contributed by atoms with Gasteiger partial charge in [-0.25, -0.2) is 0 Å². The van der Waals surface area contributed by atoms with Crippen LogP contribution in [0.2, 0.25) is 0 Å². The lowest BCUT2D eigenvalue weighted by molar-refractivity contribution is -0.126.